The molecule has 0 aliphatic carbocycles. The molecule has 2 atom stereocenters. The van der Waals surface area contributed by atoms with E-state index in [4.69, 9.17) is 9.79 Å². The van der Waals surface area contributed by atoms with Gasteiger partial charge in [0.25, 0.3) is 5.25 Å². The molecule has 1 fully saturated rings. The van der Waals surface area contributed by atoms with Gasteiger partial charge in [0.15, 0.2) is 0 Å². The van der Waals surface area contributed by atoms with Crippen LogP contribution >= 0.6 is 19.4 Å². The van der Waals surface area contributed by atoms with Crippen molar-refractivity contribution in [2.24, 2.45) is 0 Å². The molecule has 0 saturated carbocycles. The molecule has 0 aromatic heterocycles. The number of nitrogens with one attached hydrogen (secondary N) is 1. The van der Waals surface area contributed by atoms with E-state index in [2.05, 4.69) is 5.32 Å². The molecule has 162 valence electrons. The van der Waals surface area contributed by atoms with Crippen LogP contribution in [0.1, 0.15) is 18.4 Å². The van der Waals surface area contributed by atoms with E-state index in [1.807, 2.05) is 30.3 Å². The molecule has 4 N–H and O–H groups in total. The first-order valence-electron chi connectivity index (χ1n) is 9.07. The van der Waals surface area contributed by atoms with Gasteiger partial charge in [0, 0.05) is 25.9 Å². The summed E-state index contributed by atoms with van der Waals surface area (Å²) >= 11 is -0.0778. The molecule has 0 spiro atoms. The highest BCUT2D eigenvalue weighted by molar-refractivity contribution is 8.05. The van der Waals surface area contributed by atoms with Gasteiger partial charge in [-0.25, -0.2) is 4.79 Å². The summed E-state index contributed by atoms with van der Waals surface area (Å²) in [5.74, 6) is 0. The smallest absolute Gasteiger partial charge is 0.335 e. The van der Waals surface area contributed by atoms with E-state index >= 15 is 0 Å². The molecule has 0 radical (unpaired) electrons. The molecule has 11 heteroatoms. The van der Waals surface area contributed by atoms with Crippen LogP contribution in [0.5, 0.6) is 0 Å². The van der Waals surface area contributed by atoms with Crippen LogP contribution < -0.4 is 5.32 Å². The molecule has 1 aromatic rings. The Morgan fingerprint density at radius 1 is 1.34 bits per heavy atom. The minimum absolute atomic E-state index is 0.0223. The van der Waals surface area contributed by atoms with Crippen LogP contribution in [0.15, 0.2) is 42.5 Å². The molecule has 2 amide bonds. The second-order valence-corrected chi connectivity index (χ2v) is 10.0. The number of carbonyl (C=O) groups is 1. The molecular formula is C18H25F2N2O5PS. The summed E-state index contributed by atoms with van der Waals surface area (Å²) in [5, 5.41) is 9.51. The molecule has 1 aromatic carbocycles. The summed E-state index contributed by atoms with van der Waals surface area (Å²) in [6, 6.07) is 8.70. The molecule has 1 aliphatic heterocycles. The summed E-state index contributed by atoms with van der Waals surface area (Å²) in [5.41, 5.74) is 0.0201. The predicted molar refractivity (Wildman–Crippen MR) is 108 cm³/mol. The van der Waals surface area contributed by atoms with Crippen LogP contribution in [0.4, 0.5) is 13.6 Å². The van der Waals surface area contributed by atoms with E-state index in [9.17, 15) is 23.2 Å². The second kappa shape index (κ2) is 10.5. The Morgan fingerprint density at radius 3 is 2.69 bits per heavy atom. The van der Waals surface area contributed by atoms with Gasteiger partial charge in [-0.1, -0.05) is 54.2 Å². The maximum Gasteiger partial charge on any atom is 0.335 e. The maximum absolute atomic E-state index is 13.7. The number of thioether (sulfide) groups is 1. The topological polar surface area (TPSA) is 110 Å². The van der Waals surface area contributed by atoms with Gasteiger partial charge in [0.2, 0.25) is 0 Å². The standard InChI is InChI=1S/C18H25F2N2O5PS/c19-18(20,29-13-28(25,26)27)9-4-10-22-15(12-21-17(22)24)7-8-16(23)11-14-5-2-1-3-6-14/h1-3,5-8,15-16,23H,4,9-13H2,(H,21,24)(H2,25,26,27)/b8-7+/t15-,16?/m0/s1. The fourth-order valence-electron chi connectivity index (χ4n) is 2.88. The lowest BCUT2D eigenvalue weighted by Crippen LogP contribution is -2.34. The number of carbonyl (C=O) groups excluding carboxylic acids is 1. The van der Waals surface area contributed by atoms with Crippen molar-refractivity contribution in [3.63, 3.8) is 0 Å². The molecule has 1 heterocycles. The molecule has 1 saturated heterocycles. The molecule has 7 nitrogen and oxygen atoms in total. The zero-order valence-electron chi connectivity index (χ0n) is 15.7. The summed E-state index contributed by atoms with van der Waals surface area (Å²) < 4.78 is 38.2. The van der Waals surface area contributed by atoms with E-state index < -0.39 is 30.9 Å². The Hall–Kier alpha value is -1.45. The number of halogens is 2. The van der Waals surface area contributed by atoms with Gasteiger partial charge in [-0.05, 0) is 12.0 Å². The monoisotopic (exact) mass is 450 g/mol. The van der Waals surface area contributed by atoms with Crippen LogP contribution in [0.3, 0.4) is 0 Å². The molecule has 0 bridgehead atoms. The Balaban J connectivity index is 1.82. The maximum atomic E-state index is 13.7. The van der Waals surface area contributed by atoms with Gasteiger partial charge in [-0.2, -0.15) is 8.78 Å². The number of aliphatic hydroxyl groups excluding tert-OH is 1. The summed E-state index contributed by atoms with van der Waals surface area (Å²) in [4.78, 5) is 30.8. The van der Waals surface area contributed by atoms with Gasteiger partial charge in [0.1, 0.15) is 5.49 Å². The number of nitrogens with zero attached hydrogens (tertiary/aromatic N) is 1. The van der Waals surface area contributed by atoms with Crippen LogP contribution in [-0.4, -0.2) is 61.8 Å². The Morgan fingerprint density at radius 2 is 2.03 bits per heavy atom. The number of hydrogen-bond acceptors (Lipinski definition) is 4. The fraction of sp³-hybridized carbons (Fsp3) is 0.500. The van der Waals surface area contributed by atoms with E-state index in [1.165, 1.54) is 4.90 Å². The van der Waals surface area contributed by atoms with Crippen molar-refractivity contribution in [1.29, 1.82) is 0 Å². The first kappa shape index (κ1) is 23.8. The number of hydrogen-bond donors (Lipinski definition) is 4. The number of benzene rings is 1. The normalized spacial score (nSPS) is 19.0. The van der Waals surface area contributed by atoms with E-state index in [0.29, 0.717) is 13.0 Å². The van der Waals surface area contributed by atoms with Crippen molar-refractivity contribution < 1.29 is 33.0 Å². The highest BCUT2D eigenvalue weighted by Gasteiger charge is 2.34. The lowest BCUT2D eigenvalue weighted by Gasteiger charge is -2.22. The third kappa shape index (κ3) is 8.84. The highest BCUT2D eigenvalue weighted by atomic mass is 32.2. The second-order valence-electron chi connectivity index (χ2n) is 6.77. The first-order chi connectivity index (χ1) is 13.6. The zero-order chi connectivity index (χ0) is 21.5. The van der Waals surface area contributed by atoms with Crippen molar-refractivity contribution in [1.82, 2.24) is 10.2 Å². The molecule has 1 unspecified atom stereocenters. The summed E-state index contributed by atoms with van der Waals surface area (Å²) in [6.45, 7) is 0.387. The van der Waals surface area contributed by atoms with Gasteiger partial charge in [-0.3, -0.25) is 4.57 Å². The van der Waals surface area contributed by atoms with Crippen LogP contribution in [0.2, 0.25) is 0 Å². The van der Waals surface area contributed by atoms with Crippen molar-refractivity contribution in [2.75, 3.05) is 18.6 Å². The van der Waals surface area contributed by atoms with Crippen molar-refractivity contribution in [3.05, 3.63) is 48.0 Å². The average Bonchev–Trinajstić information content (AvgIpc) is 2.99. The zero-order valence-corrected chi connectivity index (χ0v) is 17.4. The highest BCUT2D eigenvalue weighted by Crippen LogP contribution is 2.45. The third-order valence-corrected chi connectivity index (χ3v) is 6.77. The Kier molecular flexibility index (Phi) is 8.66. The van der Waals surface area contributed by atoms with Crippen LogP contribution in [0.25, 0.3) is 0 Å². The minimum Gasteiger partial charge on any atom is -0.389 e. The van der Waals surface area contributed by atoms with E-state index in [-0.39, 0.29) is 36.8 Å². The molecular weight excluding hydrogens is 425 g/mol. The van der Waals surface area contributed by atoms with Gasteiger partial charge >= 0.3 is 13.6 Å². The largest absolute Gasteiger partial charge is 0.389 e. The van der Waals surface area contributed by atoms with Crippen molar-refractivity contribution in [2.45, 2.75) is 36.7 Å². The minimum atomic E-state index is -4.50. The Bertz CT molecular complexity index is 747. The van der Waals surface area contributed by atoms with Crippen molar-refractivity contribution in [3.8, 4) is 0 Å². The van der Waals surface area contributed by atoms with Gasteiger partial charge in [0.05, 0.1) is 12.1 Å². The van der Waals surface area contributed by atoms with Gasteiger partial charge < -0.3 is 25.1 Å². The third-order valence-electron chi connectivity index (χ3n) is 4.28. The number of amides is 2. The quantitative estimate of drug-likeness (QED) is 0.305. The van der Waals surface area contributed by atoms with E-state index in [0.717, 1.165) is 5.56 Å². The number of urea groups is 1. The molecule has 29 heavy (non-hydrogen) atoms. The average molecular weight is 450 g/mol. The molecule has 1 aliphatic rings. The fourth-order valence-corrected chi connectivity index (χ4v) is 4.60. The SMILES string of the molecule is O=C1NC[C@H](/C=C/C(O)Cc2ccccc2)N1CCCC(F)(F)SCP(=O)(O)O. The number of aliphatic hydroxyl groups is 1. The van der Waals surface area contributed by atoms with Gasteiger partial charge in [-0.15, -0.1) is 0 Å². The summed E-state index contributed by atoms with van der Waals surface area (Å²) in [6.07, 6.45) is 2.35. The Labute approximate surface area is 172 Å². The first-order valence-corrected chi connectivity index (χ1v) is 11.9. The van der Waals surface area contributed by atoms with Crippen LogP contribution in [0, 0.1) is 0 Å². The molecule has 2 rings (SSSR count). The van der Waals surface area contributed by atoms with Crippen molar-refractivity contribution >= 4 is 25.4 Å². The van der Waals surface area contributed by atoms with Crippen LogP contribution in [-0.2, 0) is 11.0 Å². The van der Waals surface area contributed by atoms with E-state index in [1.54, 1.807) is 12.2 Å². The number of rotatable bonds is 11. The predicted octanol–water partition coefficient (Wildman–Crippen LogP) is 2.78. The lowest BCUT2D eigenvalue weighted by molar-refractivity contribution is 0.0896. The lowest BCUT2D eigenvalue weighted by atomic mass is 10.1. The summed E-state index contributed by atoms with van der Waals surface area (Å²) in [7, 11) is -4.50. The number of alkyl halides is 2.